The molecule has 2 aromatic carbocycles. The third kappa shape index (κ3) is 4.51. The molecule has 0 bridgehead atoms. The van der Waals surface area contributed by atoms with Gasteiger partial charge >= 0.3 is 0 Å². The first kappa shape index (κ1) is 21.2. The Hall–Kier alpha value is -4.01. The highest BCUT2D eigenvalue weighted by Crippen LogP contribution is 2.36. The molecule has 0 N–H and O–H groups in total. The Morgan fingerprint density at radius 2 is 1.78 bits per heavy atom. The van der Waals surface area contributed by atoms with E-state index in [0.29, 0.717) is 46.6 Å². The molecule has 0 aliphatic heterocycles. The van der Waals surface area contributed by atoms with Crippen molar-refractivity contribution in [1.29, 1.82) is 0 Å². The number of hydrogen-bond donors (Lipinski definition) is 0. The molecular weight excluding hydrogens is 415 g/mol. The number of nitrogens with zero attached hydrogens (tertiary/aromatic N) is 4. The van der Waals surface area contributed by atoms with Crippen LogP contribution in [0, 0.1) is 5.82 Å². The molecule has 0 amide bonds. The lowest BCUT2D eigenvalue weighted by Crippen LogP contribution is -2.02. The van der Waals surface area contributed by atoms with Gasteiger partial charge in [-0.3, -0.25) is 0 Å². The standard InChI is InChI=1S/C23H21FN4O4/c1-4-16-12-19(26-22(25-16)14-7-5-8-15(24)11-14)31-13-20-27-23(28-32-20)17-9-6-10-18(29-2)21(17)30-3/h5-12H,4,13H2,1-3H3. The maximum Gasteiger partial charge on any atom is 0.264 e. The van der Waals surface area contributed by atoms with Gasteiger partial charge in [0, 0.05) is 17.3 Å². The smallest absolute Gasteiger partial charge is 0.264 e. The Morgan fingerprint density at radius 1 is 0.938 bits per heavy atom. The van der Waals surface area contributed by atoms with E-state index in [2.05, 4.69) is 20.1 Å². The van der Waals surface area contributed by atoms with Crippen molar-refractivity contribution in [1.82, 2.24) is 20.1 Å². The third-order valence-corrected chi connectivity index (χ3v) is 4.66. The van der Waals surface area contributed by atoms with E-state index in [1.807, 2.05) is 13.0 Å². The molecule has 2 aromatic heterocycles. The number of aromatic nitrogens is 4. The molecular formula is C23H21FN4O4. The van der Waals surface area contributed by atoms with Crippen LogP contribution < -0.4 is 14.2 Å². The van der Waals surface area contributed by atoms with Crippen LogP contribution in [-0.2, 0) is 13.0 Å². The van der Waals surface area contributed by atoms with Crippen LogP contribution in [0.5, 0.6) is 17.4 Å². The van der Waals surface area contributed by atoms with Gasteiger partial charge in [0.05, 0.1) is 19.8 Å². The van der Waals surface area contributed by atoms with Crippen LogP contribution in [0.1, 0.15) is 18.5 Å². The Kier molecular flexibility index (Phi) is 6.25. The fraction of sp³-hybridized carbons (Fsp3) is 0.217. The summed E-state index contributed by atoms with van der Waals surface area (Å²) < 4.78 is 35.5. The molecule has 0 saturated carbocycles. The number of methoxy groups -OCH3 is 2. The number of benzene rings is 2. The van der Waals surface area contributed by atoms with Gasteiger partial charge in [-0.15, -0.1) is 0 Å². The topological polar surface area (TPSA) is 92.4 Å². The lowest BCUT2D eigenvalue weighted by atomic mass is 10.1. The highest BCUT2D eigenvalue weighted by atomic mass is 19.1. The van der Waals surface area contributed by atoms with Gasteiger partial charge in [-0.1, -0.05) is 30.3 Å². The lowest BCUT2D eigenvalue weighted by Gasteiger charge is -2.09. The summed E-state index contributed by atoms with van der Waals surface area (Å²) in [7, 11) is 3.10. The summed E-state index contributed by atoms with van der Waals surface area (Å²) in [6.07, 6.45) is 0.668. The average molecular weight is 436 g/mol. The Labute approximate surface area is 184 Å². The quantitative estimate of drug-likeness (QED) is 0.399. The fourth-order valence-electron chi connectivity index (χ4n) is 3.11. The second kappa shape index (κ2) is 9.42. The van der Waals surface area contributed by atoms with Crippen molar-refractivity contribution in [3.8, 4) is 40.2 Å². The average Bonchev–Trinajstić information content (AvgIpc) is 3.30. The molecule has 0 aliphatic carbocycles. The normalized spacial score (nSPS) is 10.8. The summed E-state index contributed by atoms with van der Waals surface area (Å²) in [5, 5.41) is 4.02. The van der Waals surface area contributed by atoms with Gasteiger partial charge in [0.1, 0.15) is 5.82 Å². The highest BCUT2D eigenvalue weighted by molar-refractivity contribution is 5.68. The van der Waals surface area contributed by atoms with E-state index in [-0.39, 0.29) is 18.3 Å². The number of ether oxygens (including phenoxy) is 3. The lowest BCUT2D eigenvalue weighted by molar-refractivity contribution is 0.235. The maximum atomic E-state index is 13.6. The number of hydrogen-bond acceptors (Lipinski definition) is 8. The predicted octanol–water partition coefficient (Wildman–Crippen LogP) is 4.49. The van der Waals surface area contributed by atoms with Gasteiger partial charge in [0.2, 0.25) is 11.7 Å². The van der Waals surface area contributed by atoms with E-state index in [9.17, 15) is 4.39 Å². The van der Waals surface area contributed by atoms with E-state index < -0.39 is 0 Å². The fourth-order valence-corrected chi connectivity index (χ4v) is 3.11. The minimum absolute atomic E-state index is 0.00203. The van der Waals surface area contributed by atoms with Gasteiger partial charge in [0.15, 0.2) is 23.9 Å². The van der Waals surface area contributed by atoms with Gasteiger partial charge in [0.25, 0.3) is 5.89 Å². The van der Waals surface area contributed by atoms with Gasteiger partial charge < -0.3 is 18.7 Å². The third-order valence-electron chi connectivity index (χ3n) is 4.66. The summed E-state index contributed by atoms with van der Waals surface area (Å²) in [6.45, 7) is 1.97. The van der Waals surface area contributed by atoms with Crippen LogP contribution in [0.25, 0.3) is 22.8 Å². The molecule has 32 heavy (non-hydrogen) atoms. The number of rotatable bonds is 8. The van der Waals surface area contributed by atoms with Gasteiger partial charge in [-0.05, 0) is 30.7 Å². The number of halogens is 1. The second-order valence-corrected chi connectivity index (χ2v) is 6.73. The van der Waals surface area contributed by atoms with Crippen molar-refractivity contribution in [2.45, 2.75) is 20.0 Å². The predicted molar refractivity (Wildman–Crippen MR) is 114 cm³/mol. The van der Waals surface area contributed by atoms with Crippen molar-refractivity contribution in [2.75, 3.05) is 14.2 Å². The summed E-state index contributed by atoms with van der Waals surface area (Å²) >= 11 is 0. The van der Waals surface area contributed by atoms with E-state index in [1.54, 1.807) is 44.6 Å². The molecule has 9 heteroatoms. The van der Waals surface area contributed by atoms with Crippen molar-refractivity contribution in [3.05, 3.63) is 65.9 Å². The van der Waals surface area contributed by atoms with E-state index >= 15 is 0 Å². The molecule has 0 aliphatic rings. The highest BCUT2D eigenvalue weighted by Gasteiger charge is 2.17. The summed E-state index contributed by atoms with van der Waals surface area (Å²) in [4.78, 5) is 13.2. The Morgan fingerprint density at radius 3 is 2.53 bits per heavy atom. The monoisotopic (exact) mass is 436 g/mol. The molecule has 0 unspecified atom stereocenters. The second-order valence-electron chi connectivity index (χ2n) is 6.73. The Balaban J connectivity index is 1.55. The molecule has 0 saturated heterocycles. The van der Waals surface area contributed by atoms with Crippen LogP contribution in [0.3, 0.4) is 0 Å². The van der Waals surface area contributed by atoms with Crippen molar-refractivity contribution >= 4 is 0 Å². The van der Waals surface area contributed by atoms with Crippen LogP contribution in [-0.4, -0.2) is 34.3 Å². The largest absolute Gasteiger partial charge is 0.493 e. The molecule has 0 fully saturated rings. The zero-order valence-corrected chi connectivity index (χ0v) is 17.8. The first-order valence-corrected chi connectivity index (χ1v) is 9.92. The van der Waals surface area contributed by atoms with E-state index in [1.165, 1.54) is 12.1 Å². The first-order valence-electron chi connectivity index (χ1n) is 9.92. The maximum absolute atomic E-state index is 13.6. The molecule has 0 radical (unpaired) electrons. The van der Waals surface area contributed by atoms with E-state index in [0.717, 1.165) is 5.69 Å². The molecule has 2 heterocycles. The molecule has 8 nitrogen and oxygen atoms in total. The van der Waals surface area contributed by atoms with Gasteiger partial charge in [-0.25, -0.2) is 9.37 Å². The van der Waals surface area contributed by atoms with Crippen molar-refractivity contribution in [3.63, 3.8) is 0 Å². The van der Waals surface area contributed by atoms with Crippen molar-refractivity contribution in [2.24, 2.45) is 0 Å². The first-order chi connectivity index (χ1) is 15.6. The Bertz CT molecular complexity index is 1230. The number of para-hydroxylation sites is 1. The molecule has 0 spiro atoms. The molecule has 0 atom stereocenters. The van der Waals surface area contributed by atoms with Crippen LogP contribution >= 0.6 is 0 Å². The van der Waals surface area contributed by atoms with Crippen LogP contribution in [0.2, 0.25) is 0 Å². The van der Waals surface area contributed by atoms with Gasteiger partial charge in [-0.2, -0.15) is 9.97 Å². The minimum atomic E-state index is -0.359. The minimum Gasteiger partial charge on any atom is -0.493 e. The SMILES string of the molecule is CCc1cc(OCc2nc(-c3cccc(OC)c3OC)no2)nc(-c2cccc(F)c2)n1. The zero-order chi connectivity index (χ0) is 22.5. The molecule has 164 valence electrons. The number of aryl methyl sites for hydroxylation is 1. The summed E-state index contributed by atoms with van der Waals surface area (Å²) in [5.74, 6) is 2.02. The zero-order valence-electron chi connectivity index (χ0n) is 17.8. The summed E-state index contributed by atoms with van der Waals surface area (Å²) in [6, 6.07) is 13.2. The van der Waals surface area contributed by atoms with Crippen LogP contribution in [0.4, 0.5) is 4.39 Å². The van der Waals surface area contributed by atoms with Crippen molar-refractivity contribution < 1.29 is 23.1 Å². The molecule has 4 aromatic rings. The summed E-state index contributed by atoms with van der Waals surface area (Å²) in [5.41, 5.74) is 1.96. The van der Waals surface area contributed by atoms with Crippen LogP contribution in [0.15, 0.2) is 53.1 Å². The van der Waals surface area contributed by atoms with E-state index in [4.69, 9.17) is 18.7 Å². The molecule has 4 rings (SSSR count).